The molecule has 0 amide bonds. The highest BCUT2D eigenvalue weighted by Crippen LogP contribution is 2.34. The molecule has 1 aliphatic rings. The van der Waals surface area contributed by atoms with Gasteiger partial charge in [-0.25, -0.2) is 0 Å². The Kier molecular flexibility index (Phi) is 4.63. The predicted octanol–water partition coefficient (Wildman–Crippen LogP) is 2.38. The highest BCUT2D eigenvalue weighted by atomic mass is 16.5. The first-order chi connectivity index (χ1) is 6.65. The lowest BCUT2D eigenvalue weighted by atomic mass is 9.78. The summed E-state index contributed by atoms with van der Waals surface area (Å²) in [6.07, 6.45) is 3.85. The number of aliphatic hydroxyl groups is 1. The van der Waals surface area contributed by atoms with E-state index in [1.165, 1.54) is 18.4 Å². The van der Waals surface area contributed by atoms with Crippen molar-refractivity contribution < 1.29 is 9.84 Å². The zero-order valence-electron chi connectivity index (χ0n) is 9.33. The van der Waals surface area contributed by atoms with E-state index in [0.29, 0.717) is 12.5 Å². The van der Waals surface area contributed by atoms with Crippen LogP contribution < -0.4 is 0 Å². The second-order valence-corrected chi connectivity index (χ2v) is 4.50. The quantitative estimate of drug-likeness (QED) is 0.703. The van der Waals surface area contributed by atoms with Gasteiger partial charge in [-0.2, -0.15) is 0 Å². The molecule has 0 saturated heterocycles. The van der Waals surface area contributed by atoms with Crippen molar-refractivity contribution in [3.63, 3.8) is 0 Å². The van der Waals surface area contributed by atoms with Crippen LogP contribution in [-0.2, 0) is 4.74 Å². The van der Waals surface area contributed by atoms with Crippen molar-refractivity contribution in [2.75, 3.05) is 13.2 Å². The van der Waals surface area contributed by atoms with Gasteiger partial charge < -0.3 is 9.84 Å². The predicted molar refractivity (Wildman–Crippen MR) is 58.1 cm³/mol. The Labute approximate surface area is 87.0 Å². The molecule has 0 unspecified atom stereocenters. The molecule has 1 rings (SSSR count). The normalized spacial score (nSPS) is 32.9. The fourth-order valence-electron chi connectivity index (χ4n) is 2.28. The van der Waals surface area contributed by atoms with Crippen LogP contribution in [0.25, 0.3) is 0 Å². The van der Waals surface area contributed by atoms with Crippen LogP contribution >= 0.6 is 0 Å². The fourth-order valence-corrected chi connectivity index (χ4v) is 2.28. The Morgan fingerprint density at radius 2 is 2.21 bits per heavy atom. The fraction of sp³-hybridized carbons (Fsp3) is 0.833. The van der Waals surface area contributed by atoms with Crippen LogP contribution in [-0.4, -0.2) is 24.4 Å². The molecule has 3 atom stereocenters. The van der Waals surface area contributed by atoms with Gasteiger partial charge in [0, 0.05) is 5.92 Å². The maximum atomic E-state index is 8.74. The number of hydrogen-bond acceptors (Lipinski definition) is 2. The van der Waals surface area contributed by atoms with Crippen molar-refractivity contribution in [1.29, 1.82) is 0 Å². The van der Waals surface area contributed by atoms with Crippen LogP contribution in [0.15, 0.2) is 12.2 Å². The molecule has 0 heterocycles. The van der Waals surface area contributed by atoms with Crippen molar-refractivity contribution in [3.05, 3.63) is 12.2 Å². The van der Waals surface area contributed by atoms with Gasteiger partial charge in [0.05, 0.1) is 19.3 Å². The summed E-state index contributed by atoms with van der Waals surface area (Å²) in [7, 11) is 0. The maximum absolute atomic E-state index is 8.74. The molecule has 0 radical (unpaired) electrons. The summed E-state index contributed by atoms with van der Waals surface area (Å²) < 4.78 is 5.67. The second-order valence-electron chi connectivity index (χ2n) is 4.50. The van der Waals surface area contributed by atoms with Crippen LogP contribution in [0.4, 0.5) is 0 Å². The summed E-state index contributed by atoms with van der Waals surface area (Å²) in [5.74, 6) is 1.24. The van der Waals surface area contributed by atoms with Gasteiger partial charge >= 0.3 is 0 Å². The van der Waals surface area contributed by atoms with E-state index in [4.69, 9.17) is 9.84 Å². The number of rotatable bonds is 4. The first-order valence-corrected chi connectivity index (χ1v) is 5.53. The Balaban J connectivity index is 2.50. The summed E-state index contributed by atoms with van der Waals surface area (Å²) >= 11 is 0. The van der Waals surface area contributed by atoms with Crippen molar-refractivity contribution in [2.45, 2.75) is 39.2 Å². The van der Waals surface area contributed by atoms with Gasteiger partial charge in [0.25, 0.3) is 0 Å². The number of hydrogen-bond donors (Lipinski definition) is 1. The third kappa shape index (κ3) is 3.10. The molecular weight excluding hydrogens is 176 g/mol. The smallest absolute Gasteiger partial charge is 0.0701 e. The van der Waals surface area contributed by atoms with Crippen LogP contribution in [0.5, 0.6) is 0 Å². The van der Waals surface area contributed by atoms with Gasteiger partial charge in [0.2, 0.25) is 0 Å². The first kappa shape index (κ1) is 11.7. The minimum atomic E-state index is 0.119. The highest BCUT2D eigenvalue weighted by Gasteiger charge is 2.29. The summed E-state index contributed by atoms with van der Waals surface area (Å²) in [5, 5.41) is 8.74. The Hall–Kier alpha value is -0.340. The average molecular weight is 198 g/mol. The van der Waals surface area contributed by atoms with E-state index in [-0.39, 0.29) is 12.7 Å². The van der Waals surface area contributed by atoms with E-state index in [2.05, 4.69) is 20.4 Å². The van der Waals surface area contributed by atoms with Crippen LogP contribution in [0.3, 0.4) is 0 Å². The van der Waals surface area contributed by atoms with E-state index in [9.17, 15) is 0 Å². The molecule has 0 spiro atoms. The van der Waals surface area contributed by atoms with Gasteiger partial charge in [-0.3, -0.25) is 0 Å². The lowest BCUT2D eigenvalue weighted by Crippen LogP contribution is -2.32. The third-order valence-electron chi connectivity index (χ3n) is 3.11. The highest BCUT2D eigenvalue weighted by molar-refractivity contribution is 5.02. The summed E-state index contributed by atoms with van der Waals surface area (Å²) in [6.45, 7) is 8.95. The van der Waals surface area contributed by atoms with Gasteiger partial charge in [-0.15, -0.1) is 0 Å². The molecule has 82 valence electrons. The Bertz CT molecular complexity index is 189. The largest absolute Gasteiger partial charge is 0.394 e. The van der Waals surface area contributed by atoms with E-state index in [0.717, 1.165) is 12.3 Å². The molecule has 1 fully saturated rings. The molecule has 0 aromatic carbocycles. The summed E-state index contributed by atoms with van der Waals surface area (Å²) in [6, 6.07) is 0. The van der Waals surface area contributed by atoms with Crippen LogP contribution in [0, 0.1) is 11.8 Å². The standard InChI is InChI=1S/C12H22O2/c1-9(2)11-5-4-10(3)8-12(11)14-7-6-13/h10-13H,1,4-8H2,2-3H3/t10-,11+,12-/m1/s1. The molecule has 14 heavy (non-hydrogen) atoms. The first-order valence-electron chi connectivity index (χ1n) is 5.53. The average Bonchev–Trinajstić information content (AvgIpc) is 2.14. The van der Waals surface area contributed by atoms with Gasteiger partial charge in [0.1, 0.15) is 0 Å². The maximum Gasteiger partial charge on any atom is 0.0701 e. The SMILES string of the molecule is C=C(C)[C@@H]1CC[C@@H](C)C[C@H]1OCCO. The lowest BCUT2D eigenvalue weighted by Gasteiger charge is -2.35. The van der Waals surface area contributed by atoms with Crippen LogP contribution in [0.2, 0.25) is 0 Å². The third-order valence-corrected chi connectivity index (χ3v) is 3.11. The molecular formula is C12H22O2. The van der Waals surface area contributed by atoms with Crippen molar-refractivity contribution in [1.82, 2.24) is 0 Å². The van der Waals surface area contributed by atoms with E-state index >= 15 is 0 Å². The van der Waals surface area contributed by atoms with Crippen LogP contribution in [0.1, 0.15) is 33.1 Å². The van der Waals surface area contributed by atoms with Gasteiger partial charge in [-0.05, 0) is 32.1 Å². The Morgan fingerprint density at radius 3 is 2.79 bits per heavy atom. The van der Waals surface area contributed by atoms with E-state index < -0.39 is 0 Å². The molecule has 0 bridgehead atoms. The summed E-state index contributed by atoms with van der Waals surface area (Å²) in [4.78, 5) is 0. The zero-order valence-corrected chi connectivity index (χ0v) is 9.33. The van der Waals surface area contributed by atoms with E-state index in [1.54, 1.807) is 0 Å². The molecule has 1 N–H and O–H groups in total. The monoisotopic (exact) mass is 198 g/mol. The molecule has 1 saturated carbocycles. The van der Waals surface area contributed by atoms with Crippen molar-refractivity contribution >= 4 is 0 Å². The summed E-state index contributed by atoms with van der Waals surface area (Å²) in [5.41, 5.74) is 1.22. The minimum absolute atomic E-state index is 0.119. The number of ether oxygens (including phenoxy) is 1. The zero-order chi connectivity index (χ0) is 10.6. The molecule has 0 aliphatic heterocycles. The van der Waals surface area contributed by atoms with Crippen molar-refractivity contribution in [3.8, 4) is 0 Å². The minimum Gasteiger partial charge on any atom is -0.394 e. The molecule has 2 heteroatoms. The van der Waals surface area contributed by atoms with E-state index in [1.807, 2.05) is 0 Å². The molecule has 1 aliphatic carbocycles. The molecule has 2 nitrogen and oxygen atoms in total. The molecule has 0 aromatic heterocycles. The number of aliphatic hydroxyl groups excluding tert-OH is 1. The van der Waals surface area contributed by atoms with Gasteiger partial charge in [-0.1, -0.05) is 19.1 Å². The lowest BCUT2D eigenvalue weighted by molar-refractivity contribution is -0.0261. The van der Waals surface area contributed by atoms with Gasteiger partial charge in [0.15, 0.2) is 0 Å². The van der Waals surface area contributed by atoms with Crippen molar-refractivity contribution in [2.24, 2.45) is 11.8 Å². The molecule has 0 aromatic rings. The topological polar surface area (TPSA) is 29.5 Å². The second kappa shape index (κ2) is 5.52. The Morgan fingerprint density at radius 1 is 1.50 bits per heavy atom.